The second kappa shape index (κ2) is 8.27. The van der Waals surface area contributed by atoms with Crippen LogP contribution in [0.3, 0.4) is 0 Å². The Bertz CT molecular complexity index is 900. The quantitative estimate of drug-likeness (QED) is 0.696. The second-order valence-electron chi connectivity index (χ2n) is 4.85. The smallest absolute Gasteiger partial charge is 0.325 e. The van der Waals surface area contributed by atoms with Crippen molar-refractivity contribution in [2.45, 2.75) is 16.7 Å². The molecule has 0 bridgehead atoms. The van der Waals surface area contributed by atoms with Crippen LogP contribution in [0.2, 0.25) is 15.1 Å². The van der Waals surface area contributed by atoms with Crippen LogP contribution in [0.1, 0.15) is 6.92 Å². The maximum Gasteiger partial charge on any atom is 0.325 e. The first-order valence-corrected chi connectivity index (χ1v) is 9.77. The summed E-state index contributed by atoms with van der Waals surface area (Å²) in [6.07, 6.45) is 0. The molecule has 0 fully saturated rings. The number of carbonyl (C=O) groups is 1. The zero-order chi connectivity index (χ0) is 18.6. The van der Waals surface area contributed by atoms with E-state index < -0.39 is 15.8 Å². The summed E-state index contributed by atoms with van der Waals surface area (Å²) in [6.45, 7) is 1.79. The SMILES string of the molecule is CCOC(=O)CNc1cccc(S(=O)(=O)c2cc(Cl)ccc2Cl)c1Cl. The number of hydrogen-bond acceptors (Lipinski definition) is 5. The van der Waals surface area contributed by atoms with E-state index in [-0.39, 0.29) is 43.7 Å². The molecular weight excluding hydrogens is 409 g/mol. The van der Waals surface area contributed by atoms with Crippen molar-refractivity contribution in [3.63, 3.8) is 0 Å². The molecule has 0 saturated carbocycles. The van der Waals surface area contributed by atoms with Gasteiger partial charge in [-0.15, -0.1) is 0 Å². The molecule has 0 saturated heterocycles. The number of esters is 1. The van der Waals surface area contributed by atoms with Crippen LogP contribution in [-0.4, -0.2) is 27.5 Å². The van der Waals surface area contributed by atoms with E-state index in [1.165, 1.54) is 30.3 Å². The minimum Gasteiger partial charge on any atom is -0.465 e. The summed E-state index contributed by atoms with van der Waals surface area (Å²) in [4.78, 5) is 11.1. The van der Waals surface area contributed by atoms with Crippen molar-refractivity contribution in [2.75, 3.05) is 18.5 Å². The van der Waals surface area contributed by atoms with Gasteiger partial charge < -0.3 is 10.1 Å². The molecule has 0 radical (unpaired) electrons. The largest absolute Gasteiger partial charge is 0.465 e. The molecule has 0 aliphatic heterocycles. The standard InChI is InChI=1S/C16H14Cl3NO4S/c1-2-24-15(21)9-20-12-4-3-5-13(16(12)19)25(22,23)14-8-10(17)6-7-11(14)18/h3-8,20H,2,9H2,1H3. The number of nitrogens with one attached hydrogen (secondary N) is 1. The molecule has 2 aromatic carbocycles. The summed E-state index contributed by atoms with van der Waals surface area (Å²) < 4.78 is 30.6. The van der Waals surface area contributed by atoms with Gasteiger partial charge in [-0.3, -0.25) is 4.79 Å². The van der Waals surface area contributed by atoms with E-state index in [0.717, 1.165) is 0 Å². The Morgan fingerprint density at radius 3 is 2.52 bits per heavy atom. The topological polar surface area (TPSA) is 72.5 Å². The van der Waals surface area contributed by atoms with Crippen LogP contribution in [0, 0.1) is 0 Å². The molecule has 134 valence electrons. The molecule has 0 amide bonds. The number of rotatable bonds is 6. The number of sulfone groups is 1. The molecule has 0 atom stereocenters. The summed E-state index contributed by atoms with van der Waals surface area (Å²) in [7, 11) is -4.00. The first kappa shape index (κ1) is 19.8. The monoisotopic (exact) mass is 421 g/mol. The van der Waals surface area contributed by atoms with Gasteiger partial charge in [-0.05, 0) is 37.3 Å². The zero-order valence-electron chi connectivity index (χ0n) is 13.1. The van der Waals surface area contributed by atoms with Gasteiger partial charge in [0.05, 0.1) is 32.1 Å². The normalized spacial score (nSPS) is 11.2. The average molecular weight is 423 g/mol. The van der Waals surface area contributed by atoms with E-state index in [2.05, 4.69) is 5.32 Å². The third-order valence-corrected chi connectivity index (χ3v) is 6.20. The summed E-state index contributed by atoms with van der Waals surface area (Å²) in [5, 5.41) is 2.97. The highest BCUT2D eigenvalue weighted by molar-refractivity contribution is 7.91. The van der Waals surface area contributed by atoms with Crippen LogP contribution >= 0.6 is 34.8 Å². The first-order valence-electron chi connectivity index (χ1n) is 7.15. The Kier molecular flexibility index (Phi) is 6.57. The van der Waals surface area contributed by atoms with Crippen LogP contribution in [-0.2, 0) is 19.4 Å². The number of halogens is 3. The number of carbonyl (C=O) groups excluding carboxylic acids is 1. The molecule has 2 aromatic rings. The molecule has 1 N–H and O–H groups in total. The fourth-order valence-corrected chi connectivity index (χ4v) is 4.64. The third kappa shape index (κ3) is 4.58. The van der Waals surface area contributed by atoms with Gasteiger partial charge in [0.1, 0.15) is 6.54 Å². The van der Waals surface area contributed by atoms with Gasteiger partial charge in [-0.25, -0.2) is 8.42 Å². The first-order chi connectivity index (χ1) is 11.8. The minimum absolute atomic E-state index is 0.0327. The van der Waals surface area contributed by atoms with Crippen molar-refractivity contribution >= 4 is 56.3 Å². The van der Waals surface area contributed by atoms with Gasteiger partial charge in [-0.1, -0.05) is 40.9 Å². The van der Waals surface area contributed by atoms with Gasteiger partial charge in [0.25, 0.3) is 0 Å². The molecule has 0 unspecified atom stereocenters. The van der Waals surface area contributed by atoms with Gasteiger partial charge in [0, 0.05) is 5.02 Å². The number of hydrogen-bond donors (Lipinski definition) is 1. The average Bonchev–Trinajstić information content (AvgIpc) is 2.56. The van der Waals surface area contributed by atoms with Crippen LogP contribution < -0.4 is 5.32 Å². The molecule has 2 rings (SSSR count). The van der Waals surface area contributed by atoms with Crippen LogP contribution in [0.4, 0.5) is 5.69 Å². The van der Waals surface area contributed by atoms with Crippen LogP contribution in [0.5, 0.6) is 0 Å². The van der Waals surface area contributed by atoms with E-state index >= 15 is 0 Å². The van der Waals surface area contributed by atoms with Crippen molar-refractivity contribution in [3.05, 3.63) is 51.5 Å². The lowest BCUT2D eigenvalue weighted by Gasteiger charge is -2.13. The summed E-state index contributed by atoms with van der Waals surface area (Å²) in [5.41, 5.74) is 0.286. The molecule has 0 spiro atoms. The highest BCUT2D eigenvalue weighted by Gasteiger charge is 2.25. The van der Waals surface area contributed by atoms with Crippen molar-refractivity contribution in [3.8, 4) is 0 Å². The minimum atomic E-state index is -4.00. The van der Waals surface area contributed by atoms with Crippen molar-refractivity contribution < 1.29 is 17.9 Å². The predicted molar refractivity (Wildman–Crippen MR) is 98.5 cm³/mol. The third-order valence-electron chi connectivity index (χ3n) is 3.16. The number of ether oxygens (including phenoxy) is 1. The molecule has 0 aliphatic carbocycles. The fraction of sp³-hybridized carbons (Fsp3) is 0.188. The highest BCUT2D eigenvalue weighted by atomic mass is 35.5. The van der Waals surface area contributed by atoms with Gasteiger partial charge in [0.2, 0.25) is 9.84 Å². The summed E-state index contributed by atoms with van der Waals surface area (Å²) in [5.74, 6) is -0.482. The Labute approximate surface area is 160 Å². The Morgan fingerprint density at radius 2 is 1.84 bits per heavy atom. The van der Waals surface area contributed by atoms with E-state index in [9.17, 15) is 13.2 Å². The number of anilines is 1. The van der Waals surface area contributed by atoms with Gasteiger partial charge in [-0.2, -0.15) is 0 Å². The predicted octanol–water partition coefficient (Wildman–Crippen LogP) is 4.45. The Morgan fingerprint density at radius 1 is 1.12 bits per heavy atom. The van der Waals surface area contributed by atoms with Crippen molar-refractivity contribution in [1.29, 1.82) is 0 Å². The molecular formula is C16H14Cl3NO4S. The Hall–Kier alpha value is -1.47. The van der Waals surface area contributed by atoms with E-state index in [1.807, 2.05) is 0 Å². The molecule has 25 heavy (non-hydrogen) atoms. The highest BCUT2D eigenvalue weighted by Crippen LogP contribution is 2.36. The van der Waals surface area contributed by atoms with Crippen LogP contribution in [0.25, 0.3) is 0 Å². The second-order valence-corrected chi connectivity index (χ2v) is 7.96. The zero-order valence-corrected chi connectivity index (χ0v) is 16.1. The van der Waals surface area contributed by atoms with Crippen molar-refractivity contribution in [1.82, 2.24) is 0 Å². The maximum absolute atomic E-state index is 12.9. The fourth-order valence-electron chi connectivity index (χ4n) is 2.04. The lowest BCUT2D eigenvalue weighted by atomic mass is 10.3. The maximum atomic E-state index is 12.9. The lowest BCUT2D eigenvalue weighted by molar-refractivity contribution is -0.140. The molecule has 0 aliphatic rings. The van der Waals surface area contributed by atoms with E-state index in [4.69, 9.17) is 39.5 Å². The van der Waals surface area contributed by atoms with E-state index in [1.54, 1.807) is 13.0 Å². The molecule has 9 heteroatoms. The molecule has 0 heterocycles. The van der Waals surface area contributed by atoms with Crippen molar-refractivity contribution in [2.24, 2.45) is 0 Å². The van der Waals surface area contributed by atoms with Gasteiger partial charge in [0.15, 0.2) is 0 Å². The summed E-state index contributed by atoms with van der Waals surface area (Å²) in [6, 6.07) is 8.55. The number of benzene rings is 2. The molecule has 0 aromatic heterocycles. The Balaban J connectivity index is 2.41. The van der Waals surface area contributed by atoms with Gasteiger partial charge >= 0.3 is 5.97 Å². The lowest BCUT2D eigenvalue weighted by Crippen LogP contribution is -2.17. The van der Waals surface area contributed by atoms with Crippen LogP contribution in [0.15, 0.2) is 46.2 Å². The summed E-state index contributed by atoms with van der Waals surface area (Å²) >= 11 is 18.1. The van der Waals surface area contributed by atoms with E-state index in [0.29, 0.717) is 0 Å². The molecule has 5 nitrogen and oxygen atoms in total.